The Labute approximate surface area is 135 Å². The fourth-order valence-corrected chi connectivity index (χ4v) is 3.91. The zero-order chi connectivity index (χ0) is 14.8. The fraction of sp³-hybridized carbons (Fsp3) is 0.100. The maximum Gasteiger partial charge on any atom is 0.0608 e. The summed E-state index contributed by atoms with van der Waals surface area (Å²) in [5, 5.41) is 3.65. The first-order chi connectivity index (χ1) is 10.9. The second kappa shape index (κ2) is 5.90. The fourth-order valence-electron chi connectivity index (χ4n) is 2.83. The molecular formula is C20H17NS. The standard InChI is InChI=1S/C20H17NS/c1-2-6-15(7-3-1)16-10-12-17(13-11-16)19-14-22-20-9-5-4-8-18(20)21-19/h1-13,19,21H,14H2/t19-/m0/s1. The summed E-state index contributed by atoms with van der Waals surface area (Å²) in [5.41, 5.74) is 5.14. The van der Waals surface area contributed by atoms with Gasteiger partial charge < -0.3 is 5.32 Å². The van der Waals surface area contributed by atoms with Crippen LogP contribution in [0.4, 0.5) is 5.69 Å². The summed E-state index contributed by atoms with van der Waals surface area (Å²) in [6.07, 6.45) is 0. The highest BCUT2D eigenvalue weighted by molar-refractivity contribution is 7.99. The zero-order valence-electron chi connectivity index (χ0n) is 12.2. The lowest BCUT2D eigenvalue weighted by Gasteiger charge is -2.27. The molecule has 0 spiro atoms. The van der Waals surface area contributed by atoms with E-state index in [1.165, 1.54) is 27.3 Å². The molecule has 0 saturated heterocycles. The average molecular weight is 303 g/mol. The van der Waals surface area contributed by atoms with Crippen LogP contribution < -0.4 is 5.32 Å². The van der Waals surface area contributed by atoms with Gasteiger partial charge in [-0.05, 0) is 28.8 Å². The van der Waals surface area contributed by atoms with Gasteiger partial charge in [0.2, 0.25) is 0 Å². The summed E-state index contributed by atoms with van der Waals surface area (Å²) >= 11 is 1.93. The lowest BCUT2D eigenvalue weighted by molar-refractivity contribution is 0.880. The van der Waals surface area contributed by atoms with Crippen molar-refractivity contribution in [3.05, 3.63) is 84.4 Å². The molecule has 4 rings (SSSR count). The van der Waals surface area contributed by atoms with Gasteiger partial charge in [0.1, 0.15) is 0 Å². The van der Waals surface area contributed by atoms with Gasteiger partial charge in [-0.3, -0.25) is 0 Å². The van der Waals surface area contributed by atoms with Crippen molar-refractivity contribution in [1.29, 1.82) is 0 Å². The molecule has 0 bridgehead atoms. The summed E-state index contributed by atoms with van der Waals surface area (Å²) in [7, 11) is 0. The Morgan fingerprint density at radius 2 is 1.41 bits per heavy atom. The third kappa shape index (κ3) is 2.62. The van der Waals surface area contributed by atoms with Gasteiger partial charge in [-0.1, -0.05) is 66.7 Å². The Morgan fingerprint density at radius 3 is 2.23 bits per heavy atom. The van der Waals surface area contributed by atoms with Crippen LogP contribution in [-0.4, -0.2) is 5.75 Å². The number of rotatable bonds is 2. The van der Waals surface area contributed by atoms with Crippen molar-refractivity contribution < 1.29 is 0 Å². The van der Waals surface area contributed by atoms with Gasteiger partial charge in [-0.2, -0.15) is 0 Å². The van der Waals surface area contributed by atoms with Crippen molar-refractivity contribution in [2.75, 3.05) is 11.1 Å². The van der Waals surface area contributed by atoms with Crippen LogP contribution >= 0.6 is 11.8 Å². The summed E-state index contributed by atoms with van der Waals surface area (Å²) in [5.74, 6) is 1.07. The minimum Gasteiger partial charge on any atom is -0.376 e. The van der Waals surface area contributed by atoms with Crippen molar-refractivity contribution in [3.63, 3.8) is 0 Å². The van der Waals surface area contributed by atoms with Crippen LogP contribution in [0, 0.1) is 0 Å². The zero-order valence-corrected chi connectivity index (χ0v) is 13.0. The molecule has 1 aliphatic heterocycles. The van der Waals surface area contributed by atoms with E-state index in [2.05, 4.69) is 84.2 Å². The first-order valence-corrected chi connectivity index (χ1v) is 8.52. The van der Waals surface area contributed by atoms with Gasteiger partial charge in [0.15, 0.2) is 0 Å². The van der Waals surface area contributed by atoms with Crippen molar-refractivity contribution in [2.45, 2.75) is 10.9 Å². The highest BCUT2D eigenvalue weighted by atomic mass is 32.2. The predicted octanol–water partition coefficient (Wildman–Crippen LogP) is 5.61. The number of hydrogen-bond donors (Lipinski definition) is 1. The molecule has 108 valence electrons. The molecule has 3 aromatic carbocycles. The lowest BCUT2D eigenvalue weighted by atomic mass is 10.0. The molecule has 0 saturated carbocycles. The van der Waals surface area contributed by atoms with Crippen molar-refractivity contribution in [1.82, 2.24) is 0 Å². The normalized spacial score (nSPS) is 16.6. The van der Waals surface area contributed by atoms with Crippen molar-refractivity contribution in [2.24, 2.45) is 0 Å². The predicted molar refractivity (Wildman–Crippen MR) is 95.4 cm³/mol. The molecule has 1 nitrogen and oxygen atoms in total. The molecule has 1 N–H and O–H groups in total. The van der Waals surface area contributed by atoms with Crippen LogP contribution in [0.5, 0.6) is 0 Å². The van der Waals surface area contributed by atoms with Crippen LogP contribution in [0.1, 0.15) is 11.6 Å². The minimum absolute atomic E-state index is 0.379. The molecule has 1 atom stereocenters. The third-order valence-electron chi connectivity index (χ3n) is 4.04. The molecule has 1 heterocycles. The Bertz CT molecular complexity index is 765. The van der Waals surface area contributed by atoms with E-state index < -0.39 is 0 Å². The molecule has 3 aromatic rings. The van der Waals surface area contributed by atoms with Gasteiger partial charge in [0.25, 0.3) is 0 Å². The molecule has 22 heavy (non-hydrogen) atoms. The topological polar surface area (TPSA) is 12.0 Å². The second-order valence-electron chi connectivity index (χ2n) is 5.49. The van der Waals surface area contributed by atoms with E-state index in [9.17, 15) is 0 Å². The first-order valence-electron chi connectivity index (χ1n) is 7.54. The molecule has 1 aliphatic rings. The number of fused-ring (bicyclic) bond motifs is 1. The molecule has 0 fully saturated rings. The molecular weight excluding hydrogens is 286 g/mol. The molecule has 0 unspecified atom stereocenters. The van der Waals surface area contributed by atoms with Crippen LogP contribution in [0.15, 0.2) is 83.8 Å². The summed E-state index contributed by atoms with van der Waals surface area (Å²) < 4.78 is 0. The monoisotopic (exact) mass is 303 g/mol. The van der Waals surface area contributed by atoms with E-state index in [1.807, 2.05) is 11.8 Å². The number of thioether (sulfide) groups is 1. The molecule has 0 radical (unpaired) electrons. The molecule has 0 amide bonds. The Morgan fingerprint density at radius 1 is 0.727 bits per heavy atom. The van der Waals surface area contributed by atoms with E-state index >= 15 is 0 Å². The third-order valence-corrected chi connectivity index (χ3v) is 5.21. The van der Waals surface area contributed by atoms with Gasteiger partial charge in [0.05, 0.1) is 6.04 Å². The van der Waals surface area contributed by atoms with E-state index in [4.69, 9.17) is 0 Å². The molecule has 0 aliphatic carbocycles. The van der Waals surface area contributed by atoms with Crippen LogP contribution in [0.2, 0.25) is 0 Å². The van der Waals surface area contributed by atoms with E-state index in [-0.39, 0.29) is 0 Å². The first kappa shape index (κ1) is 13.5. The summed E-state index contributed by atoms with van der Waals surface area (Å²) in [4.78, 5) is 1.35. The van der Waals surface area contributed by atoms with Crippen molar-refractivity contribution >= 4 is 17.4 Å². The maximum atomic E-state index is 3.65. The Balaban J connectivity index is 1.57. The average Bonchev–Trinajstić information content (AvgIpc) is 2.62. The Kier molecular flexibility index (Phi) is 3.61. The summed E-state index contributed by atoms with van der Waals surface area (Å²) in [6.45, 7) is 0. The highest BCUT2D eigenvalue weighted by Gasteiger charge is 2.19. The largest absolute Gasteiger partial charge is 0.376 e. The van der Waals surface area contributed by atoms with Gasteiger partial charge >= 0.3 is 0 Å². The second-order valence-corrected chi connectivity index (χ2v) is 6.55. The highest BCUT2D eigenvalue weighted by Crippen LogP contribution is 2.38. The van der Waals surface area contributed by atoms with Crippen LogP contribution in [0.3, 0.4) is 0 Å². The smallest absolute Gasteiger partial charge is 0.0608 e. The SMILES string of the molecule is c1ccc(-c2ccc([C@@H]3CSc4ccccc4N3)cc2)cc1. The van der Waals surface area contributed by atoms with Crippen LogP contribution in [-0.2, 0) is 0 Å². The maximum absolute atomic E-state index is 3.65. The molecule has 2 heteroatoms. The van der Waals surface area contributed by atoms with Crippen LogP contribution in [0.25, 0.3) is 11.1 Å². The van der Waals surface area contributed by atoms with Gasteiger partial charge in [-0.15, -0.1) is 11.8 Å². The quantitative estimate of drug-likeness (QED) is 0.660. The lowest BCUT2D eigenvalue weighted by Crippen LogP contribution is -2.17. The number of hydrogen-bond acceptors (Lipinski definition) is 2. The van der Waals surface area contributed by atoms with Gasteiger partial charge in [0, 0.05) is 16.3 Å². The van der Waals surface area contributed by atoms with E-state index in [0.717, 1.165) is 5.75 Å². The van der Waals surface area contributed by atoms with E-state index in [0.29, 0.717) is 6.04 Å². The van der Waals surface area contributed by atoms with E-state index in [1.54, 1.807) is 0 Å². The van der Waals surface area contributed by atoms with Crippen molar-refractivity contribution in [3.8, 4) is 11.1 Å². The number of anilines is 1. The van der Waals surface area contributed by atoms with Gasteiger partial charge in [-0.25, -0.2) is 0 Å². The number of nitrogens with one attached hydrogen (secondary N) is 1. The number of para-hydroxylation sites is 1. The Hall–Kier alpha value is -2.19. The summed E-state index contributed by atoms with van der Waals surface area (Å²) in [6, 6.07) is 28.4. The number of benzene rings is 3. The molecule has 0 aromatic heterocycles. The minimum atomic E-state index is 0.379.